The van der Waals surface area contributed by atoms with E-state index in [2.05, 4.69) is 21.9 Å². The highest BCUT2D eigenvalue weighted by Crippen LogP contribution is 2.11. The average Bonchev–Trinajstić information content (AvgIpc) is 2.80. The molecule has 0 bridgehead atoms. The first kappa shape index (κ1) is 10.4. The Morgan fingerprint density at radius 1 is 1.11 bits per heavy atom. The number of benzene rings is 1. The molecular formula is C14H10N4. The number of nitrogens with two attached hydrogens (primary N) is 1. The second-order valence-corrected chi connectivity index (χ2v) is 3.79. The Kier molecular flexibility index (Phi) is 2.43. The second kappa shape index (κ2) is 4.22. The van der Waals surface area contributed by atoms with Gasteiger partial charge in [0.15, 0.2) is 0 Å². The molecule has 0 atom stereocenters. The van der Waals surface area contributed by atoms with Crippen LogP contribution >= 0.6 is 0 Å². The smallest absolute Gasteiger partial charge is 0.220 e. The molecule has 2 heterocycles. The Hall–Kier alpha value is -2.80. The summed E-state index contributed by atoms with van der Waals surface area (Å²) >= 11 is 0. The molecule has 0 aliphatic carbocycles. The van der Waals surface area contributed by atoms with E-state index < -0.39 is 0 Å². The minimum atomic E-state index is 0.274. The summed E-state index contributed by atoms with van der Waals surface area (Å²) in [5.74, 6) is 3.35. The van der Waals surface area contributed by atoms with E-state index in [1.165, 1.54) is 0 Å². The third kappa shape index (κ3) is 1.89. The van der Waals surface area contributed by atoms with E-state index >= 15 is 0 Å². The quantitative estimate of drug-likeness (QED) is 0.604. The molecule has 1 aromatic carbocycles. The van der Waals surface area contributed by atoms with Crippen molar-refractivity contribution in [2.45, 2.75) is 0 Å². The molecule has 0 amide bonds. The van der Waals surface area contributed by atoms with Gasteiger partial charge in [-0.25, -0.2) is 9.97 Å². The van der Waals surface area contributed by atoms with E-state index in [-0.39, 0.29) is 5.95 Å². The van der Waals surface area contributed by atoms with Crippen molar-refractivity contribution in [3.8, 4) is 12.0 Å². The van der Waals surface area contributed by atoms with Gasteiger partial charge in [0.05, 0.1) is 17.2 Å². The van der Waals surface area contributed by atoms with Crippen molar-refractivity contribution in [3.05, 3.63) is 54.4 Å². The highest BCUT2D eigenvalue weighted by molar-refractivity contribution is 5.76. The minimum Gasteiger partial charge on any atom is -0.368 e. The monoisotopic (exact) mass is 234 g/mol. The minimum absolute atomic E-state index is 0.274. The standard InChI is InChI=1S/C14H10N4/c15-14-16-10-13-12(17-14)7-9-18(13)8-6-11-4-2-1-3-5-11/h1-5,7,9-10H,(H2,15,16,17). The lowest BCUT2D eigenvalue weighted by Crippen LogP contribution is -1.94. The molecule has 2 aromatic heterocycles. The summed E-state index contributed by atoms with van der Waals surface area (Å²) in [6.07, 6.45) is 3.53. The SMILES string of the molecule is Nc1ncc2c(ccn2C#Cc2ccccc2)n1. The van der Waals surface area contributed by atoms with Gasteiger partial charge in [-0.3, -0.25) is 4.57 Å². The first-order chi connectivity index (χ1) is 8.83. The van der Waals surface area contributed by atoms with E-state index in [1.54, 1.807) is 10.8 Å². The van der Waals surface area contributed by atoms with Crippen LogP contribution in [0.25, 0.3) is 11.0 Å². The molecule has 0 spiro atoms. The van der Waals surface area contributed by atoms with Crippen molar-refractivity contribution < 1.29 is 0 Å². The zero-order chi connectivity index (χ0) is 12.4. The third-order valence-electron chi connectivity index (χ3n) is 2.55. The van der Waals surface area contributed by atoms with Crippen LogP contribution in [0.4, 0.5) is 5.95 Å². The molecule has 0 aliphatic rings. The number of hydrogen-bond donors (Lipinski definition) is 1. The fourth-order valence-corrected chi connectivity index (χ4v) is 1.68. The molecule has 0 saturated carbocycles. The van der Waals surface area contributed by atoms with Crippen molar-refractivity contribution in [3.63, 3.8) is 0 Å². The maximum Gasteiger partial charge on any atom is 0.220 e. The van der Waals surface area contributed by atoms with Crippen LogP contribution in [0.3, 0.4) is 0 Å². The first-order valence-electron chi connectivity index (χ1n) is 5.49. The Labute approximate surface area is 104 Å². The van der Waals surface area contributed by atoms with Crippen LogP contribution in [0.1, 0.15) is 5.56 Å². The molecule has 0 radical (unpaired) electrons. The van der Waals surface area contributed by atoms with Crippen molar-refractivity contribution in [1.82, 2.24) is 14.5 Å². The van der Waals surface area contributed by atoms with Gasteiger partial charge >= 0.3 is 0 Å². The van der Waals surface area contributed by atoms with Crippen molar-refractivity contribution in [2.75, 3.05) is 5.73 Å². The first-order valence-corrected chi connectivity index (χ1v) is 5.49. The molecule has 3 aromatic rings. The van der Waals surface area contributed by atoms with Gasteiger partial charge in [0, 0.05) is 17.8 Å². The summed E-state index contributed by atoms with van der Waals surface area (Å²) in [6.45, 7) is 0. The van der Waals surface area contributed by atoms with Gasteiger partial charge in [-0.1, -0.05) is 18.2 Å². The molecule has 0 aliphatic heterocycles. The topological polar surface area (TPSA) is 56.7 Å². The number of fused-ring (bicyclic) bond motifs is 1. The second-order valence-electron chi connectivity index (χ2n) is 3.79. The molecule has 0 fully saturated rings. The zero-order valence-corrected chi connectivity index (χ0v) is 9.54. The van der Waals surface area contributed by atoms with Gasteiger partial charge in [0.1, 0.15) is 0 Å². The Balaban J connectivity index is 2.04. The van der Waals surface area contributed by atoms with Crippen LogP contribution in [-0.4, -0.2) is 14.5 Å². The van der Waals surface area contributed by atoms with Gasteiger partial charge in [0.2, 0.25) is 5.95 Å². The number of aromatic nitrogens is 3. The van der Waals surface area contributed by atoms with Crippen molar-refractivity contribution >= 4 is 17.0 Å². The summed E-state index contributed by atoms with van der Waals surface area (Å²) in [6, 6.07) is 14.7. The zero-order valence-electron chi connectivity index (χ0n) is 9.54. The van der Waals surface area contributed by atoms with E-state index in [0.29, 0.717) is 0 Å². The van der Waals surface area contributed by atoms with E-state index in [1.807, 2.05) is 42.6 Å². The highest BCUT2D eigenvalue weighted by Gasteiger charge is 2.00. The maximum atomic E-state index is 5.53. The molecule has 4 heteroatoms. The Bertz CT molecular complexity index is 748. The Morgan fingerprint density at radius 2 is 1.94 bits per heavy atom. The van der Waals surface area contributed by atoms with Gasteiger partial charge in [-0.2, -0.15) is 0 Å². The fourth-order valence-electron chi connectivity index (χ4n) is 1.68. The molecular weight excluding hydrogens is 224 g/mol. The van der Waals surface area contributed by atoms with Crippen LogP contribution in [0.2, 0.25) is 0 Å². The summed E-state index contributed by atoms with van der Waals surface area (Å²) < 4.78 is 1.79. The van der Waals surface area contributed by atoms with Gasteiger partial charge in [-0.05, 0) is 24.1 Å². The molecule has 86 valence electrons. The van der Waals surface area contributed by atoms with Crippen LogP contribution in [0.5, 0.6) is 0 Å². The number of nitrogen functional groups attached to an aromatic ring is 1. The van der Waals surface area contributed by atoms with Crippen LogP contribution < -0.4 is 5.73 Å². The van der Waals surface area contributed by atoms with Crippen LogP contribution in [-0.2, 0) is 0 Å². The van der Waals surface area contributed by atoms with Gasteiger partial charge in [0.25, 0.3) is 0 Å². The maximum absolute atomic E-state index is 5.53. The molecule has 4 nitrogen and oxygen atoms in total. The summed E-state index contributed by atoms with van der Waals surface area (Å²) in [5.41, 5.74) is 8.15. The molecule has 18 heavy (non-hydrogen) atoms. The molecule has 3 rings (SSSR count). The largest absolute Gasteiger partial charge is 0.368 e. The fraction of sp³-hybridized carbons (Fsp3) is 0. The normalized spacial score (nSPS) is 10.0. The predicted molar refractivity (Wildman–Crippen MR) is 70.7 cm³/mol. The summed E-state index contributed by atoms with van der Waals surface area (Å²) in [7, 11) is 0. The van der Waals surface area contributed by atoms with E-state index in [0.717, 1.165) is 16.6 Å². The predicted octanol–water partition coefficient (Wildman–Crippen LogP) is 1.87. The third-order valence-corrected chi connectivity index (χ3v) is 2.55. The van der Waals surface area contributed by atoms with Gasteiger partial charge < -0.3 is 5.73 Å². The lowest BCUT2D eigenvalue weighted by molar-refractivity contribution is 1.16. The van der Waals surface area contributed by atoms with Crippen LogP contribution in [0, 0.1) is 12.0 Å². The number of anilines is 1. The highest BCUT2D eigenvalue weighted by atomic mass is 15.0. The number of nitrogens with zero attached hydrogens (tertiary/aromatic N) is 3. The number of rotatable bonds is 0. The summed E-state index contributed by atoms with van der Waals surface area (Å²) in [4.78, 5) is 8.10. The van der Waals surface area contributed by atoms with Gasteiger partial charge in [-0.15, -0.1) is 0 Å². The molecule has 2 N–H and O–H groups in total. The lowest BCUT2D eigenvalue weighted by Gasteiger charge is -1.94. The average molecular weight is 234 g/mol. The van der Waals surface area contributed by atoms with Crippen molar-refractivity contribution in [1.29, 1.82) is 0 Å². The van der Waals surface area contributed by atoms with Crippen LogP contribution in [0.15, 0.2) is 48.8 Å². The lowest BCUT2D eigenvalue weighted by atomic mass is 10.2. The van der Waals surface area contributed by atoms with Crippen molar-refractivity contribution in [2.24, 2.45) is 0 Å². The summed E-state index contributed by atoms with van der Waals surface area (Å²) in [5, 5.41) is 0. The number of hydrogen-bond acceptors (Lipinski definition) is 3. The Morgan fingerprint density at radius 3 is 2.78 bits per heavy atom. The molecule has 0 saturated heterocycles. The van der Waals surface area contributed by atoms with E-state index in [4.69, 9.17) is 5.73 Å². The van der Waals surface area contributed by atoms with E-state index in [9.17, 15) is 0 Å². The molecule has 0 unspecified atom stereocenters.